The molecule has 0 radical (unpaired) electrons. The van der Waals surface area contributed by atoms with Crippen molar-refractivity contribution in [3.05, 3.63) is 68.5 Å². The lowest BCUT2D eigenvalue weighted by molar-refractivity contribution is -0.584. The zero-order valence-corrected chi connectivity index (χ0v) is 33.7. The number of Topliss-reactive ketones (excluding diaryl/α,β-unsaturated/α-hetero) is 1. The number of nitrogens with zero attached hydrogens (tertiary/aromatic N) is 1. The van der Waals surface area contributed by atoms with Crippen LogP contribution in [-0.2, 0) is 28.5 Å². The predicted octanol–water partition coefficient (Wildman–Crippen LogP) is 6.30. The van der Waals surface area contributed by atoms with E-state index < -0.39 is 81.8 Å². The Hall–Kier alpha value is -3.81. The van der Waals surface area contributed by atoms with Gasteiger partial charge in [-0.15, -0.1) is 0 Å². The van der Waals surface area contributed by atoms with Crippen LogP contribution in [0.4, 0.5) is 4.79 Å². The largest absolute Gasteiger partial charge is 0.511 e. The van der Waals surface area contributed by atoms with Gasteiger partial charge in [0.2, 0.25) is 11.3 Å². The minimum atomic E-state index is -1.82. The summed E-state index contributed by atoms with van der Waals surface area (Å²) in [5.74, 6) is -2.42. The van der Waals surface area contributed by atoms with Crippen LogP contribution in [0.5, 0.6) is 0 Å². The smallest absolute Gasteiger partial charge is 0.407 e. The molecule has 3 N–H and O–H groups in total. The van der Waals surface area contributed by atoms with Gasteiger partial charge >= 0.3 is 12.1 Å². The number of esters is 1. The molecule has 15 unspecified atom stereocenters. The van der Waals surface area contributed by atoms with Crippen LogP contribution in [0.1, 0.15) is 88.0 Å². The number of aliphatic hydroxyl groups is 2. The van der Waals surface area contributed by atoms with E-state index in [0.717, 1.165) is 12.0 Å². The number of rotatable bonds is 4. The van der Waals surface area contributed by atoms with Crippen molar-refractivity contribution in [3.8, 4) is 0 Å². The van der Waals surface area contributed by atoms with Crippen LogP contribution >= 0.6 is 0 Å². The second-order valence-corrected chi connectivity index (χ2v) is 17.8. The van der Waals surface area contributed by atoms with Crippen molar-refractivity contribution in [1.29, 1.82) is 0 Å². The fourth-order valence-corrected chi connectivity index (χ4v) is 11.2. The van der Waals surface area contributed by atoms with Crippen LogP contribution in [0.3, 0.4) is 0 Å². The average Bonchev–Trinajstić information content (AvgIpc) is 3.35. The molecule has 0 aromatic carbocycles. The number of alkyl carbamates (subject to hydrolysis) is 1. The zero-order valence-electron chi connectivity index (χ0n) is 33.7. The number of hydrogen-bond acceptors (Lipinski definition) is 11. The number of ketones is 1. The third-order valence-corrected chi connectivity index (χ3v) is 14.3. The van der Waals surface area contributed by atoms with Crippen LogP contribution in [0.2, 0.25) is 0 Å². The minimum Gasteiger partial charge on any atom is -0.511 e. The molecule has 1 amide bonds. The van der Waals surface area contributed by atoms with Crippen LogP contribution in [0.15, 0.2) is 58.4 Å². The fourth-order valence-electron chi connectivity index (χ4n) is 11.2. The van der Waals surface area contributed by atoms with E-state index in [0.29, 0.717) is 23.0 Å². The van der Waals surface area contributed by atoms with Crippen molar-refractivity contribution >= 4 is 17.8 Å². The Morgan fingerprint density at radius 1 is 1.05 bits per heavy atom. The first kappa shape index (κ1) is 40.8. The predicted molar refractivity (Wildman–Crippen MR) is 202 cm³/mol. The number of fused-ring (bicyclic) bond motifs is 4. The molecule has 6 rings (SSSR count). The van der Waals surface area contributed by atoms with Gasteiger partial charge in [0, 0.05) is 29.6 Å². The quantitative estimate of drug-likeness (QED) is 0.0959. The number of hydrogen-bond donors (Lipinski definition) is 3. The molecule has 13 nitrogen and oxygen atoms in total. The van der Waals surface area contributed by atoms with E-state index in [1.165, 1.54) is 14.0 Å². The molecule has 2 saturated heterocycles. The number of nitrogens with one attached hydrogen (secondary N) is 1. The standard InChI is InChI=1S/C42H58N2O11/c1-20-15-30(45)29-17-23(4)31(54-32-19-40(8,44(50)51)35(26(7)53-32)43-39(49)52-10)14-11-21(2)28-13-12-27-25(6)22(3)16-24(5)34(27)41(28,9)36(46)33-37(47)42(29,18-20)55-38(33)48/h11-13,15,17,22,24-32,34-35,45-46H,14,16,18-19H2,1-10H3,(H,43,49)/b21-11+,23-17?,36-33?. The molecule has 2 bridgehead atoms. The first-order chi connectivity index (χ1) is 25.7. The highest BCUT2D eigenvalue weighted by Gasteiger charge is 2.64. The Labute approximate surface area is 323 Å². The van der Waals surface area contributed by atoms with Gasteiger partial charge in [0.15, 0.2) is 11.9 Å². The molecule has 2 aliphatic heterocycles. The number of carbonyl (C=O) groups excluding carboxylic acids is 3. The molecule has 302 valence electrons. The fraction of sp³-hybridized carbons (Fsp3) is 0.690. The second-order valence-electron chi connectivity index (χ2n) is 17.8. The van der Waals surface area contributed by atoms with Crippen molar-refractivity contribution in [3.63, 3.8) is 0 Å². The molecule has 55 heavy (non-hydrogen) atoms. The SMILES string of the molecule is COC(=O)NC1C(C)OC(OC2C/C=C(\C)C3C=CC4C(C)C(C)CC(C)C4C3(C)C(O)=C3C(=O)OC4(CC(C)=CC(O)C4C=C2C)C3=O)CC1(C)[N+](=O)[O-]. The monoisotopic (exact) mass is 766 g/mol. The first-order valence-corrected chi connectivity index (χ1v) is 19.6. The van der Waals surface area contributed by atoms with E-state index in [2.05, 4.69) is 38.2 Å². The zero-order chi connectivity index (χ0) is 40.5. The van der Waals surface area contributed by atoms with Crippen molar-refractivity contribution in [1.82, 2.24) is 5.32 Å². The maximum absolute atomic E-state index is 14.9. The third-order valence-electron chi connectivity index (χ3n) is 14.3. The summed E-state index contributed by atoms with van der Waals surface area (Å²) in [6.45, 7) is 17.2. The second kappa shape index (κ2) is 14.6. The van der Waals surface area contributed by atoms with E-state index >= 15 is 0 Å². The van der Waals surface area contributed by atoms with E-state index in [1.807, 2.05) is 19.9 Å². The molecule has 0 aromatic rings. The summed E-state index contributed by atoms with van der Waals surface area (Å²) in [6, 6.07) is -1.02. The molecule has 15 atom stereocenters. The average molecular weight is 767 g/mol. The number of ether oxygens (including phenoxy) is 4. The molecule has 2 heterocycles. The maximum atomic E-state index is 14.9. The maximum Gasteiger partial charge on any atom is 0.407 e. The first-order valence-electron chi connectivity index (χ1n) is 19.6. The van der Waals surface area contributed by atoms with E-state index in [-0.39, 0.29) is 48.3 Å². The lowest BCUT2D eigenvalue weighted by Crippen LogP contribution is -2.65. The van der Waals surface area contributed by atoms with Gasteiger partial charge in [-0.1, -0.05) is 69.2 Å². The number of allylic oxidation sites excluding steroid dienone is 4. The number of amides is 1. The highest BCUT2D eigenvalue weighted by molar-refractivity contribution is 6.26. The Bertz CT molecular complexity index is 1780. The topological polar surface area (TPSA) is 184 Å². The van der Waals surface area contributed by atoms with Crippen molar-refractivity contribution in [2.45, 2.75) is 130 Å². The third kappa shape index (κ3) is 6.57. The van der Waals surface area contributed by atoms with E-state index in [4.69, 9.17) is 18.9 Å². The number of methoxy groups -OCH3 is 1. The van der Waals surface area contributed by atoms with Gasteiger partial charge in [-0.2, -0.15) is 0 Å². The highest BCUT2D eigenvalue weighted by Crippen LogP contribution is 2.61. The van der Waals surface area contributed by atoms with Crippen LogP contribution < -0.4 is 5.32 Å². The number of aliphatic hydroxyl groups excluding tert-OH is 2. The van der Waals surface area contributed by atoms with Gasteiger partial charge in [-0.3, -0.25) is 14.9 Å². The summed E-state index contributed by atoms with van der Waals surface area (Å²) in [5.41, 5.74) is -2.78. The lowest BCUT2D eigenvalue weighted by atomic mass is 9.48. The summed E-state index contributed by atoms with van der Waals surface area (Å²) >= 11 is 0. The molecule has 4 aliphatic carbocycles. The summed E-state index contributed by atoms with van der Waals surface area (Å²) in [5, 5.41) is 39.3. The van der Waals surface area contributed by atoms with Crippen molar-refractivity contribution in [2.75, 3.05) is 7.11 Å². The summed E-state index contributed by atoms with van der Waals surface area (Å²) in [7, 11) is 1.18. The molecule has 6 aliphatic rings. The molecular weight excluding hydrogens is 708 g/mol. The van der Waals surface area contributed by atoms with Gasteiger partial charge in [0.1, 0.15) is 17.4 Å². The molecule has 3 fully saturated rings. The Morgan fingerprint density at radius 2 is 1.75 bits per heavy atom. The van der Waals surface area contributed by atoms with E-state index in [9.17, 15) is 34.7 Å². The van der Waals surface area contributed by atoms with Crippen LogP contribution in [0, 0.1) is 57.0 Å². The summed E-state index contributed by atoms with van der Waals surface area (Å²) < 4.78 is 23.7. The Kier molecular flexibility index (Phi) is 10.8. The summed E-state index contributed by atoms with van der Waals surface area (Å²) in [4.78, 5) is 53.3. The molecular formula is C42H58N2O11. The molecule has 1 saturated carbocycles. The van der Waals surface area contributed by atoms with E-state index in [1.54, 1.807) is 32.9 Å². The van der Waals surface area contributed by atoms with Gasteiger partial charge in [-0.25, -0.2) is 9.59 Å². The van der Waals surface area contributed by atoms with Gasteiger partial charge in [0.05, 0.1) is 37.8 Å². The normalized spacial score (nSPS) is 45.5. The van der Waals surface area contributed by atoms with Gasteiger partial charge < -0.3 is 34.5 Å². The molecule has 1 spiro atoms. The Balaban J connectivity index is 1.50. The number of nitro groups is 1. The van der Waals surface area contributed by atoms with Gasteiger partial charge in [-0.05, 0) is 75.7 Å². The summed E-state index contributed by atoms with van der Waals surface area (Å²) in [6.07, 6.45) is 6.02. The molecule has 0 aromatic heterocycles. The minimum absolute atomic E-state index is 0.0265. The van der Waals surface area contributed by atoms with Crippen LogP contribution in [0.25, 0.3) is 0 Å². The molecule has 13 heteroatoms. The highest BCUT2D eigenvalue weighted by atomic mass is 16.7. The van der Waals surface area contributed by atoms with Crippen LogP contribution in [-0.4, -0.2) is 81.9 Å². The van der Waals surface area contributed by atoms with Gasteiger partial charge in [0.25, 0.3) is 0 Å². The number of carbonyl (C=O) groups is 3. The van der Waals surface area contributed by atoms with Crippen molar-refractivity contribution < 1.29 is 48.5 Å². The Morgan fingerprint density at radius 3 is 2.40 bits per heavy atom. The van der Waals surface area contributed by atoms with Crippen molar-refractivity contribution in [2.24, 2.45) is 46.8 Å². The lowest BCUT2D eigenvalue weighted by Gasteiger charge is -2.56.